The number of aryl methyl sites for hydroxylation is 1. The molecule has 0 radical (unpaired) electrons. The third-order valence-electron chi connectivity index (χ3n) is 3.52. The lowest BCUT2D eigenvalue weighted by Crippen LogP contribution is -2.32. The van der Waals surface area contributed by atoms with Gasteiger partial charge < -0.3 is 10.6 Å². The van der Waals surface area contributed by atoms with Crippen molar-refractivity contribution >= 4 is 11.6 Å². The van der Waals surface area contributed by atoms with E-state index in [4.69, 9.17) is 5.73 Å². The van der Waals surface area contributed by atoms with Crippen LogP contribution in [-0.4, -0.2) is 34.2 Å². The van der Waals surface area contributed by atoms with Gasteiger partial charge in [-0.05, 0) is 18.8 Å². The fourth-order valence-corrected chi connectivity index (χ4v) is 2.56. The Labute approximate surface area is 102 Å². The van der Waals surface area contributed by atoms with E-state index in [0.717, 1.165) is 6.54 Å². The van der Waals surface area contributed by atoms with Gasteiger partial charge in [-0.2, -0.15) is 5.10 Å². The smallest absolute Gasteiger partial charge is 0.274 e. The van der Waals surface area contributed by atoms with Gasteiger partial charge in [0.1, 0.15) is 5.69 Å². The van der Waals surface area contributed by atoms with Crippen LogP contribution in [0.2, 0.25) is 0 Å². The Bertz CT molecular complexity index is 387. The van der Waals surface area contributed by atoms with Gasteiger partial charge in [0.25, 0.3) is 5.91 Å². The standard InChI is InChI=1S/C12H20N4O/c1-15(8-9-5-3-4-6-9)12(17)11-10(13)7-14-16(11)2/h7,9H,3-6,8,13H2,1-2H3. The maximum Gasteiger partial charge on any atom is 0.274 e. The number of aromatic nitrogens is 2. The Balaban J connectivity index is 2.04. The molecule has 5 nitrogen and oxygen atoms in total. The van der Waals surface area contributed by atoms with Gasteiger partial charge >= 0.3 is 0 Å². The number of hydrogen-bond acceptors (Lipinski definition) is 3. The number of nitrogen functional groups attached to an aromatic ring is 1. The van der Waals surface area contributed by atoms with E-state index < -0.39 is 0 Å². The van der Waals surface area contributed by atoms with Crippen LogP contribution in [0.25, 0.3) is 0 Å². The van der Waals surface area contributed by atoms with Crippen molar-refractivity contribution < 1.29 is 4.79 Å². The van der Waals surface area contributed by atoms with E-state index in [1.165, 1.54) is 31.9 Å². The first-order chi connectivity index (χ1) is 8.09. The minimum Gasteiger partial charge on any atom is -0.396 e. The Morgan fingerprint density at radius 2 is 2.24 bits per heavy atom. The van der Waals surface area contributed by atoms with Crippen molar-refractivity contribution in [1.29, 1.82) is 0 Å². The summed E-state index contributed by atoms with van der Waals surface area (Å²) in [7, 11) is 3.58. The average Bonchev–Trinajstić information content (AvgIpc) is 2.89. The second-order valence-electron chi connectivity index (χ2n) is 4.91. The second-order valence-corrected chi connectivity index (χ2v) is 4.91. The van der Waals surface area contributed by atoms with Crippen molar-refractivity contribution in [3.8, 4) is 0 Å². The molecular weight excluding hydrogens is 216 g/mol. The zero-order valence-electron chi connectivity index (χ0n) is 10.5. The summed E-state index contributed by atoms with van der Waals surface area (Å²) < 4.78 is 1.54. The molecule has 2 rings (SSSR count). The van der Waals surface area contributed by atoms with Crippen molar-refractivity contribution in [2.75, 3.05) is 19.3 Å². The first kappa shape index (κ1) is 12.0. The molecule has 17 heavy (non-hydrogen) atoms. The van der Waals surface area contributed by atoms with E-state index >= 15 is 0 Å². The van der Waals surface area contributed by atoms with Crippen LogP contribution in [0, 0.1) is 5.92 Å². The van der Waals surface area contributed by atoms with E-state index in [0.29, 0.717) is 17.3 Å². The highest BCUT2D eigenvalue weighted by Gasteiger charge is 2.23. The van der Waals surface area contributed by atoms with Gasteiger partial charge in [-0.25, -0.2) is 0 Å². The van der Waals surface area contributed by atoms with Crippen molar-refractivity contribution in [2.24, 2.45) is 13.0 Å². The number of rotatable bonds is 3. The molecule has 0 bridgehead atoms. The summed E-state index contributed by atoms with van der Waals surface area (Å²) in [6.45, 7) is 0.823. The first-order valence-corrected chi connectivity index (χ1v) is 6.12. The molecule has 94 valence electrons. The maximum atomic E-state index is 12.2. The minimum atomic E-state index is -0.0330. The van der Waals surface area contributed by atoms with Crippen LogP contribution in [0.1, 0.15) is 36.2 Å². The van der Waals surface area contributed by atoms with Crippen molar-refractivity contribution in [2.45, 2.75) is 25.7 Å². The molecule has 0 unspecified atom stereocenters. The van der Waals surface area contributed by atoms with Gasteiger partial charge in [0.05, 0.1) is 11.9 Å². The van der Waals surface area contributed by atoms with Crippen LogP contribution in [0.3, 0.4) is 0 Å². The van der Waals surface area contributed by atoms with Crippen LogP contribution < -0.4 is 5.73 Å². The molecule has 1 saturated carbocycles. The van der Waals surface area contributed by atoms with E-state index in [1.54, 1.807) is 16.6 Å². The van der Waals surface area contributed by atoms with Crippen LogP contribution in [-0.2, 0) is 7.05 Å². The molecule has 0 saturated heterocycles. The number of nitrogens with zero attached hydrogens (tertiary/aromatic N) is 3. The molecule has 0 aromatic carbocycles. The second kappa shape index (κ2) is 4.77. The molecule has 0 aliphatic heterocycles. The average molecular weight is 236 g/mol. The molecule has 1 aromatic rings. The molecule has 1 heterocycles. The lowest BCUT2D eigenvalue weighted by atomic mass is 10.1. The third kappa shape index (κ3) is 2.43. The molecule has 1 amide bonds. The summed E-state index contributed by atoms with van der Waals surface area (Å²) in [6.07, 6.45) is 6.58. The van der Waals surface area contributed by atoms with Crippen LogP contribution in [0.4, 0.5) is 5.69 Å². The Morgan fingerprint density at radius 1 is 1.59 bits per heavy atom. The molecule has 1 aromatic heterocycles. The van der Waals surface area contributed by atoms with Gasteiger partial charge in [0, 0.05) is 20.6 Å². The zero-order chi connectivity index (χ0) is 12.4. The van der Waals surface area contributed by atoms with E-state index in [9.17, 15) is 4.79 Å². The van der Waals surface area contributed by atoms with Crippen LogP contribution in [0.5, 0.6) is 0 Å². The predicted molar refractivity (Wildman–Crippen MR) is 66.5 cm³/mol. The third-order valence-corrected chi connectivity index (χ3v) is 3.52. The minimum absolute atomic E-state index is 0.0330. The SMILES string of the molecule is CN(CC1CCCC1)C(=O)c1c(N)cnn1C. The summed E-state index contributed by atoms with van der Waals surface area (Å²) in [5.74, 6) is 0.618. The molecule has 0 spiro atoms. The number of anilines is 1. The number of carbonyl (C=O) groups is 1. The highest BCUT2D eigenvalue weighted by molar-refractivity contribution is 5.97. The molecule has 1 aliphatic carbocycles. The van der Waals surface area contributed by atoms with E-state index in [2.05, 4.69) is 5.10 Å². The first-order valence-electron chi connectivity index (χ1n) is 6.12. The monoisotopic (exact) mass is 236 g/mol. The quantitative estimate of drug-likeness (QED) is 0.859. The highest BCUT2D eigenvalue weighted by atomic mass is 16.2. The number of hydrogen-bond donors (Lipinski definition) is 1. The fourth-order valence-electron chi connectivity index (χ4n) is 2.56. The van der Waals surface area contributed by atoms with Crippen LogP contribution >= 0.6 is 0 Å². The van der Waals surface area contributed by atoms with Gasteiger partial charge in [0.15, 0.2) is 0 Å². The van der Waals surface area contributed by atoms with Crippen LogP contribution in [0.15, 0.2) is 6.20 Å². The largest absolute Gasteiger partial charge is 0.396 e. The molecule has 1 aliphatic rings. The summed E-state index contributed by atoms with van der Waals surface area (Å²) in [6, 6.07) is 0. The van der Waals surface area contributed by atoms with Crippen molar-refractivity contribution in [3.63, 3.8) is 0 Å². The molecular formula is C12H20N4O. The maximum absolute atomic E-state index is 12.2. The van der Waals surface area contributed by atoms with Gasteiger partial charge in [-0.15, -0.1) is 0 Å². The molecule has 0 atom stereocenters. The lowest BCUT2D eigenvalue weighted by molar-refractivity contribution is 0.0763. The number of nitrogens with two attached hydrogens (primary N) is 1. The fraction of sp³-hybridized carbons (Fsp3) is 0.667. The highest BCUT2D eigenvalue weighted by Crippen LogP contribution is 2.25. The Hall–Kier alpha value is -1.52. The lowest BCUT2D eigenvalue weighted by Gasteiger charge is -2.21. The summed E-state index contributed by atoms with van der Waals surface area (Å²) in [5.41, 5.74) is 6.70. The van der Waals surface area contributed by atoms with Gasteiger partial charge in [-0.1, -0.05) is 12.8 Å². The van der Waals surface area contributed by atoms with Gasteiger partial charge in [-0.3, -0.25) is 9.48 Å². The number of carbonyl (C=O) groups excluding carboxylic acids is 1. The Kier molecular flexibility index (Phi) is 3.36. The zero-order valence-corrected chi connectivity index (χ0v) is 10.5. The van der Waals surface area contributed by atoms with E-state index in [-0.39, 0.29) is 5.91 Å². The summed E-state index contributed by atoms with van der Waals surface area (Å²) in [4.78, 5) is 14.0. The molecule has 1 fully saturated rings. The number of amides is 1. The van der Waals surface area contributed by atoms with Gasteiger partial charge in [0.2, 0.25) is 0 Å². The van der Waals surface area contributed by atoms with Crippen molar-refractivity contribution in [3.05, 3.63) is 11.9 Å². The van der Waals surface area contributed by atoms with E-state index in [1.807, 2.05) is 7.05 Å². The summed E-state index contributed by atoms with van der Waals surface area (Å²) in [5, 5.41) is 4.00. The summed E-state index contributed by atoms with van der Waals surface area (Å²) >= 11 is 0. The predicted octanol–water partition coefficient (Wildman–Crippen LogP) is 1.26. The molecule has 5 heteroatoms. The molecule has 2 N–H and O–H groups in total. The van der Waals surface area contributed by atoms with Crippen molar-refractivity contribution in [1.82, 2.24) is 14.7 Å². The topological polar surface area (TPSA) is 64.2 Å². The normalized spacial score (nSPS) is 16.4. The Morgan fingerprint density at radius 3 is 2.76 bits per heavy atom.